The van der Waals surface area contributed by atoms with Crippen molar-refractivity contribution in [3.05, 3.63) is 29.4 Å². The molecule has 2 nitrogen and oxygen atoms in total. The average Bonchev–Trinajstić information content (AvgIpc) is 2.53. The van der Waals surface area contributed by atoms with Crippen LogP contribution in [-0.2, 0) is 0 Å². The van der Waals surface area contributed by atoms with Crippen LogP contribution in [-0.4, -0.2) is 10.1 Å². The van der Waals surface area contributed by atoms with Gasteiger partial charge in [-0.1, -0.05) is 11.6 Å². The van der Waals surface area contributed by atoms with E-state index >= 15 is 0 Å². The third-order valence-corrected chi connectivity index (χ3v) is 2.18. The van der Waals surface area contributed by atoms with Gasteiger partial charge in [-0.05, 0) is 30.4 Å². The van der Waals surface area contributed by atoms with E-state index in [9.17, 15) is 0 Å². The Balaban J connectivity index is 2.76. The van der Waals surface area contributed by atoms with E-state index in [0.29, 0.717) is 5.02 Å². The van der Waals surface area contributed by atoms with Gasteiger partial charge in [0.05, 0.1) is 15.9 Å². The van der Waals surface area contributed by atoms with Crippen molar-refractivity contribution in [1.82, 2.24) is 4.98 Å². The fourth-order valence-electron chi connectivity index (χ4n) is 1.22. The minimum Gasteiger partial charge on any atom is -0.361 e. The number of aliphatic imine (C=N–C) groups is 1. The number of thiocarbonyl (C=S) groups is 1. The second kappa shape index (κ2) is 3.30. The Labute approximate surface area is 85.2 Å². The van der Waals surface area contributed by atoms with Crippen LogP contribution in [0.3, 0.4) is 0 Å². The molecule has 0 amide bonds. The number of H-pyrrole nitrogens is 1. The number of aromatic nitrogens is 1. The van der Waals surface area contributed by atoms with Crippen molar-refractivity contribution in [1.29, 1.82) is 0 Å². The quantitative estimate of drug-likeness (QED) is 0.563. The van der Waals surface area contributed by atoms with Crippen molar-refractivity contribution in [2.75, 3.05) is 0 Å². The number of isothiocyanates is 1. The highest BCUT2D eigenvalue weighted by molar-refractivity contribution is 7.78. The van der Waals surface area contributed by atoms with Gasteiger partial charge in [0.25, 0.3) is 0 Å². The van der Waals surface area contributed by atoms with Gasteiger partial charge >= 0.3 is 0 Å². The Hall–Kier alpha value is -1.15. The Morgan fingerprint density at radius 3 is 3.08 bits per heavy atom. The van der Waals surface area contributed by atoms with Gasteiger partial charge in [-0.3, -0.25) is 0 Å². The van der Waals surface area contributed by atoms with Crippen molar-refractivity contribution in [2.24, 2.45) is 4.99 Å². The van der Waals surface area contributed by atoms with Gasteiger partial charge in [-0.15, -0.1) is 0 Å². The molecule has 0 aliphatic heterocycles. The molecule has 0 saturated carbocycles. The number of hydrogen-bond donors (Lipinski definition) is 1. The van der Waals surface area contributed by atoms with Crippen LogP contribution in [0.2, 0.25) is 5.02 Å². The first-order valence-electron chi connectivity index (χ1n) is 3.66. The van der Waals surface area contributed by atoms with Gasteiger partial charge in [-0.25, -0.2) is 0 Å². The van der Waals surface area contributed by atoms with Gasteiger partial charge < -0.3 is 4.98 Å². The van der Waals surface area contributed by atoms with Crippen molar-refractivity contribution in [3.63, 3.8) is 0 Å². The number of halogens is 1. The van der Waals surface area contributed by atoms with Crippen LogP contribution in [0.1, 0.15) is 0 Å². The summed E-state index contributed by atoms with van der Waals surface area (Å²) in [6.07, 6.45) is 1.83. The molecule has 0 unspecified atom stereocenters. The Kier molecular flexibility index (Phi) is 2.15. The maximum absolute atomic E-state index is 6.00. The van der Waals surface area contributed by atoms with Crippen LogP contribution in [0, 0.1) is 0 Å². The summed E-state index contributed by atoms with van der Waals surface area (Å²) in [6.45, 7) is 0. The summed E-state index contributed by atoms with van der Waals surface area (Å²) >= 11 is 10.5. The molecule has 0 aliphatic rings. The van der Waals surface area contributed by atoms with E-state index in [1.54, 1.807) is 6.07 Å². The third-order valence-electron chi connectivity index (χ3n) is 1.78. The fraction of sp³-hybridized carbons (Fsp3) is 0. The molecule has 1 aromatic heterocycles. The highest BCUT2D eigenvalue weighted by Gasteiger charge is 2.01. The number of nitrogens with one attached hydrogen (secondary N) is 1. The molecule has 0 radical (unpaired) electrons. The summed E-state index contributed by atoms with van der Waals surface area (Å²) in [4.78, 5) is 6.91. The molecule has 0 atom stereocenters. The molecule has 0 fully saturated rings. The SMILES string of the molecule is S=C=Nc1cc(Cl)c2cc[nH]c2c1. The van der Waals surface area contributed by atoms with Gasteiger partial charge in [0.15, 0.2) is 0 Å². The minimum absolute atomic E-state index is 0.669. The van der Waals surface area contributed by atoms with E-state index in [1.165, 1.54) is 0 Å². The molecule has 1 N–H and O–H groups in total. The lowest BCUT2D eigenvalue weighted by Crippen LogP contribution is -1.70. The van der Waals surface area contributed by atoms with Crippen LogP contribution in [0.25, 0.3) is 10.9 Å². The third kappa shape index (κ3) is 1.49. The first-order chi connectivity index (χ1) is 6.31. The first-order valence-corrected chi connectivity index (χ1v) is 4.44. The molecule has 2 aromatic rings. The Morgan fingerprint density at radius 1 is 1.46 bits per heavy atom. The second-order valence-corrected chi connectivity index (χ2v) is 3.16. The number of nitrogens with zero attached hydrogens (tertiary/aromatic N) is 1. The van der Waals surface area contributed by atoms with Gasteiger partial charge in [0.1, 0.15) is 0 Å². The van der Waals surface area contributed by atoms with Crippen molar-refractivity contribution < 1.29 is 0 Å². The van der Waals surface area contributed by atoms with Crippen LogP contribution >= 0.6 is 23.8 Å². The molecule has 0 spiro atoms. The van der Waals surface area contributed by atoms with Crippen LogP contribution in [0.15, 0.2) is 29.4 Å². The molecule has 1 aromatic carbocycles. The lowest BCUT2D eigenvalue weighted by molar-refractivity contribution is 1.47. The first kappa shape index (κ1) is 8.45. The molecule has 13 heavy (non-hydrogen) atoms. The van der Waals surface area contributed by atoms with Gasteiger partial charge in [0, 0.05) is 17.1 Å². The lowest BCUT2D eigenvalue weighted by Gasteiger charge is -1.95. The molecular weight excluding hydrogens is 204 g/mol. The standard InChI is InChI=1S/C9H5ClN2S/c10-8-3-6(12-5-13)4-9-7(8)1-2-11-9/h1-4,11H. The maximum atomic E-state index is 6.00. The average molecular weight is 209 g/mol. The zero-order valence-electron chi connectivity index (χ0n) is 6.54. The molecular formula is C9H5ClN2S. The molecule has 64 valence electrons. The highest BCUT2D eigenvalue weighted by Crippen LogP contribution is 2.28. The minimum atomic E-state index is 0.669. The number of aromatic amines is 1. The number of hydrogen-bond acceptors (Lipinski definition) is 2. The van der Waals surface area contributed by atoms with E-state index in [4.69, 9.17) is 11.6 Å². The van der Waals surface area contributed by atoms with E-state index in [2.05, 4.69) is 27.4 Å². The normalized spacial score (nSPS) is 9.92. The molecule has 0 bridgehead atoms. The van der Waals surface area contributed by atoms with E-state index in [1.807, 2.05) is 18.3 Å². The van der Waals surface area contributed by atoms with E-state index in [-0.39, 0.29) is 0 Å². The van der Waals surface area contributed by atoms with E-state index in [0.717, 1.165) is 16.6 Å². The summed E-state index contributed by atoms with van der Waals surface area (Å²) in [7, 11) is 0. The molecule has 0 saturated heterocycles. The number of fused-ring (bicyclic) bond motifs is 1. The summed E-state index contributed by atoms with van der Waals surface area (Å²) in [6, 6.07) is 5.56. The summed E-state index contributed by atoms with van der Waals surface area (Å²) in [5.41, 5.74) is 1.67. The number of rotatable bonds is 1. The Morgan fingerprint density at radius 2 is 2.31 bits per heavy atom. The van der Waals surface area contributed by atoms with Crippen molar-refractivity contribution in [2.45, 2.75) is 0 Å². The smallest absolute Gasteiger partial charge is 0.0775 e. The zero-order chi connectivity index (χ0) is 9.26. The summed E-state index contributed by atoms with van der Waals surface area (Å²) in [5, 5.41) is 3.96. The number of benzene rings is 1. The maximum Gasteiger partial charge on any atom is 0.0775 e. The highest BCUT2D eigenvalue weighted by atomic mass is 35.5. The van der Waals surface area contributed by atoms with Crippen LogP contribution < -0.4 is 0 Å². The lowest BCUT2D eigenvalue weighted by atomic mass is 10.2. The van der Waals surface area contributed by atoms with Crippen molar-refractivity contribution >= 4 is 45.6 Å². The molecule has 0 aliphatic carbocycles. The van der Waals surface area contributed by atoms with Crippen LogP contribution in [0.4, 0.5) is 5.69 Å². The van der Waals surface area contributed by atoms with Crippen LogP contribution in [0.5, 0.6) is 0 Å². The van der Waals surface area contributed by atoms with Crippen molar-refractivity contribution in [3.8, 4) is 0 Å². The fourth-order valence-corrected chi connectivity index (χ4v) is 1.61. The Bertz CT molecular complexity index is 497. The molecule has 4 heteroatoms. The van der Waals surface area contributed by atoms with E-state index < -0.39 is 0 Å². The predicted octanol–water partition coefficient (Wildman–Crippen LogP) is 3.56. The zero-order valence-corrected chi connectivity index (χ0v) is 8.12. The summed E-state index contributed by atoms with van der Waals surface area (Å²) < 4.78 is 0. The molecule has 1 heterocycles. The largest absolute Gasteiger partial charge is 0.361 e. The van der Waals surface area contributed by atoms with Gasteiger partial charge in [0.2, 0.25) is 0 Å². The predicted molar refractivity (Wildman–Crippen MR) is 58.0 cm³/mol. The molecule has 2 rings (SSSR count). The van der Waals surface area contributed by atoms with Gasteiger partial charge in [-0.2, -0.15) is 4.99 Å². The summed E-state index contributed by atoms with van der Waals surface area (Å²) in [5.74, 6) is 0. The topological polar surface area (TPSA) is 28.1 Å². The second-order valence-electron chi connectivity index (χ2n) is 2.57. The monoisotopic (exact) mass is 208 g/mol.